The molecule has 0 bridgehead atoms. The Bertz CT molecular complexity index is 630. The molecule has 0 radical (unpaired) electrons. The fourth-order valence-electron chi connectivity index (χ4n) is 2.77. The normalized spacial score (nSPS) is 18.9. The van der Waals surface area contributed by atoms with E-state index in [2.05, 4.69) is 15.9 Å². The highest BCUT2D eigenvalue weighted by Crippen LogP contribution is 2.29. The average Bonchev–Trinajstić information content (AvgIpc) is 2.45. The Labute approximate surface area is 143 Å². The molecule has 1 aliphatic rings. The monoisotopic (exact) mass is 386 g/mol. The van der Waals surface area contributed by atoms with Crippen LogP contribution in [0.15, 0.2) is 22.7 Å². The second-order valence-electron chi connectivity index (χ2n) is 6.73. The van der Waals surface area contributed by atoms with Crippen molar-refractivity contribution >= 4 is 27.9 Å². The number of nitrogens with zero attached hydrogens (tertiary/aromatic N) is 2. The van der Waals surface area contributed by atoms with Gasteiger partial charge in [-0.25, -0.2) is 9.18 Å². The van der Waals surface area contributed by atoms with E-state index in [9.17, 15) is 19.1 Å². The molecule has 1 heterocycles. The van der Waals surface area contributed by atoms with Crippen molar-refractivity contribution in [3.05, 3.63) is 34.1 Å². The lowest BCUT2D eigenvalue weighted by Gasteiger charge is -2.45. The first-order valence-corrected chi connectivity index (χ1v) is 8.14. The lowest BCUT2D eigenvalue weighted by atomic mass is 9.84. The van der Waals surface area contributed by atoms with Crippen molar-refractivity contribution in [2.75, 3.05) is 19.6 Å². The van der Waals surface area contributed by atoms with E-state index in [1.54, 1.807) is 6.07 Å². The molecule has 1 saturated heterocycles. The number of carbonyl (C=O) groups is 2. The Hall–Kier alpha value is -1.63. The molecule has 0 aromatic heterocycles. The molecular formula is C16H20BrFN2O3. The van der Waals surface area contributed by atoms with E-state index in [0.29, 0.717) is 4.47 Å². The summed E-state index contributed by atoms with van der Waals surface area (Å²) in [6.45, 7) is 6.53. The Morgan fingerprint density at radius 2 is 1.96 bits per heavy atom. The van der Waals surface area contributed by atoms with E-state index >= 15 is 0 Å². The second-order valence-corrected chi connectivity index (χ2v) is 7.65. The fraction of sp³-hybridized carbons (Fsp3) is 0.500. The second kappa shape index (κ2) is 6.47. The van der Waals surface area contributed by atoms with Crippen LogP contribution in [-0.4, -0.2) is 52.6 Å². The van der Waals surface area contributed by atoms with Crippen LogP contribution in [0.4, 0.5) is 9.18 Å². The first-order valence-electron chi connectivity index (χ1n) is 7.35. The predicted molar refractivity (Wildman–Crippen MR) is 88.0 cm³/mol. The maximum atomic E-state index is 14.0. The van der Waals surface area contributed by atoms with Crippen LogP contribution in [0, 0.1) is 11.2 Å². The molecule has 1 aromatic carbocycles. The van der Waals surface area contributed by atoms with E-state index in [1.807, 2.05) is 20.8 Å². The number of hydrogen-bond donors (Lipinski definition) is 1. The van der Waals surface area contributed by atoms with Gasteiger partial charge in [0, 0.05) is 24.1 Å². The van der Waals surface area contributed by atoms with Gasteiger partial charge in [0.15, 0.2) is 0 Å². The summed E-state index contributed by atoms with van der Waals surface area (Å²) in [6, 6.07) is 3.97. The highest BCUT2D eigenvalue weighted by molar-refractivity contribution is 9.10. The van der Waals surface area contributed by atoms with Crippen molar-refractivity contribution in [2.45, 2.75) is 26.8 Å². The Balaban J connectivity index is 2.24. The summed E-state index contributed by atoms with van der Waals surface area (Å²) in [7, 11) is 0. The highest BCUT2D eigenvalue weighted by Gasteiger charge is 2.39. The number of benzene rings is 1. The number of piperazine rings is 1. The molecule has 126 valence electrons. The van der Waals surface area contributed by atoms with E-state index in [0.717, 1.165) is 0 Å². The maximum Gasteiger partial charge on any atom is 0.407 e. The van der Waals surface area contributed by atoms with Crippen LogP contribution in [0.5, 0.6) is 0 Å². The summed E-state index contributed by atoms with van der Waals surface area (Å²) < 4.78 is 14.6. The Morgan fingerprint density at radius 1 is 1.30 bits per heavy atom. The Morgan fingerprint density at radius 3 is 2.48 bits per heavy atom. The standard InChI is InChI=1S/C16H20BrFN2O3/c1-16(2,3)13-9-19(6-7-20(13)15(22)23)14(21)11-5-4-10(17)8-12(11)18/h4-5,8,13H,6-7,9H2,1-3H3,(H,22,23). The molecule has 0 aliphatic carbocycles. The summed E-state index contributed by atoms with van der Waals surface area (Å²) in [6.07, 6.45) is -0.994. The van der Waals surface area contributed by atoms with Crippen molar-refractivity contribution in [1.29, 1.82) is 0 Å². The van der Waals surface area contributed by atoms with E-state index < -0.39 is 17.8 Å². The highest BCUT2D eigenvalue weighted by atomic mass is 79.9. The zero-order valence-electron chi connectivity index (χ0n) is 13.3. The number of amides is 2. The molecule has 7 heteroatoms. The largest absolute Gasteiger partial charge is 0.465 e. The number of rotatable bonds is 1. The molecule has 23 heavy (non-hydrogen) atoms. The fourth-order valence-corrected chi connectivity index (χ4v) is 3.10. The summed E-state index contributed by atoms with van der Waals surface area (Å²) in [5, 5.41) is 9.35. The molecule has 1 aliphatic heterocycles. The van der Waals surface area contributed by atoms with Gasteiger partial charge >= 0.3 is 6.09 Å². The third-order valence-corrected chi connectivity index (χ3v) is 4.57. The van der Waals surface area contributed by atoms with Crippen molar-refractivity contribution in [1.82, 2.24) is 9.80 Å². The van der Waals surface area contributed by atoms with Crippen LogP contribution in [-0.2, 0) is 0 Å². The quantitative estimate of drug-likeness (QED) is 0.803. The summed E-state index contributed by atoms with van der Waals surface area (Å²) in [4.78, 5) is 26.9. The zero-order chi connectivity index (χ0) is 17.4. The van der Waals surface area contributed by atoms with Crippen molar-refractivity contribution in [3.63, 3.8) is 0 Å². The first-order chi connectivity index (χ1) is 10.6. The number of hydrogen-bond acceptors (Lipinski definition) is 2. The van der Waals surface area contributed by atoms with Gasteiger partial charge in [-0.2, -0.15) is 0 Å². The van der Waals surface area contributed by atoms with Crippen LogP contribution < -0.4 is 0 Å². The number of carbonyl (C=O) groups excluding carboxylic acids is 1. The minimum atomic E-state index is -0.994. The topological polar surface area (TPSA) is 60.9 Å². The lowest BCUT2D eigenvalue weighted by molar-refractivity contribution is 0.0196. The predicted octanol–water partition coefficient (Wildman–Crippen LogP) is 3.44. The van der Waals surface area contributed by atoms with Gasteiger partial charge in [-0.1, -0.05) is 36.7 Å². The minimum absolute atomic E-state index is 0.00429. The first kappa shape index (κ1) is 17.7. The van der Waals surface area contributed by atoms with E-state index in [1.165, 1.54) is 21.9 Å². The van der Waals surface area contributed by atoms with Gasteiger partial charge in [0.05, 0.1) is 11.6 Å². The van der Waals surface area contributed by atoms with Crippen molar-refractivity contribution in [2.24, 2.45) is 5.41 Å². The third-order valence-electron chi connectivity index (χ3n) is 4.07. The smallest absolute Gasteiger partial charge is 0.407 e. The zero-order valence-corrected chi connectivity index (χ0v) is 14.9. The molecule has 1 atom stereocenters. The molecule has 0 spiro atoms. The molecule has 5 nitrogen and oxygen atoms in total. The van der Waals surface area contributed by atoms with Crippen LogP contribution >= 0.6 is 15.9 Å². The van der Waals surface area contributed by atoms with Crippen LogP contribution in [0.1, 0.15) is 31.1 Å². The molecule has 1 aromatic rings. The third kappa shape index (κ3) is 3.83. The molecule has 1 fully saturated rings. The molecule has 0 saturated carbocycles. The van der Waals surface area contributed by atoms with Gasteiger partial charge in [-0.15, -0.1) is 0 Å². The maximum absolute atomic E-state index is 14.0. The van der Waals surface area contributed by atoms with E-state index in [-0.39, 0.29) is 36.7 Å². The Kier molecular flexibility index (Phi) is 4.98. The van der Waals surface area contributed by atoms with Crippen LogP contribution in [0.2, 0.25) is 0 Å². The van der Waals surface area contributed by atoms with Gasteiger partial charge in [0.2, 0.25) is 0 Å². The van der Waals surface area contributed by atoms with E-state index in [4.69, 9.17) is 0 Å². The summed E-state index contributed by atoms with van der Waals surface area (Å²) in [5.74, 6) is -0.994. The lowest BCUT2D eigenvalue weighted by Crippen LogP contribution is -2.60. The molecule has 2 amide bonds. The van der Waals surface area contributed by atoms with Gasteiger partial charge in [-0.05, 0) is 23.6 Å². The van der Waals surface area contributed by atoms with Gasteiger partial charge in [0.25, 0.3) is 5.91 Å². The van der Waals surface area contributed by atoms with Crippen LogP contribution in [0.3, 0.4) is 0 Å². The number of halogens is 2. The summed E-state index contributed by atoms with van der Waals surface area (Å²) >= 11 is 3.16. The van der Waals surface area contributed by atoms with Crippen LogP contribution in [0.25, 0.3) is 0 Å². The SMILES string of the molecule is CC(C)(C)C1CN(C(=O)c2ccc(Br)cc2F)CCN1C(=O)O. The summed E-state index contributed by atoms with van der Waals surface area (Å²) in [5.41, 5.74) is -0.320. The van der Waals surface area contributed by atoms with Crippen molar-refractivity contribution in [3.8, 4) is 0 Å². The van der Waals surface area contributed by atoms with Gasteiger partial charge < -0.3 is 14.9 Å². The van der Waals surface area contributed by atoms with Crippen molar-refractivity contribution < 1.29 is 19.1 Å². The molecule has 2 rings (SSSR count). The van der Waals surface area contributed by atoms with Gasteiger partial charge in [-0.3, -0.25) is 4.79 Å². The number of carboxylic acid groups (broad SMARTS) is 1. The molecule has 1 unspecified atom stereocenters. The average molecular weight is 387 g/mol. The minimum Gasteiger partial charge on any atom is -0.465 e. The molecule has 1 N–H and O–H groups in total. The molecular weight excluding hydrogens is 367 g/mol. The van der Waals surface area contributed by atoms with Gasteiger partial charge in [0.1, 0.15) is 5.82 Å².